The third-order valence-corrected chi connectivity index (χ3v) is 1.82. The Morgan fingerprint density at radius 2 is 2.33 bits per heavy atom. The van der Waals surface area contributed by atoms with Crippen LogP contribution in [0.3, 0.4) is 0 Å². The van der Waals surface area contributed by atoms with Crippen molar-refractivity contribution in [3.63, 3.8) is 0 Å². The molecule has 0 bridgehead atoms. The number of halogens is 1. The van der Waals surface area contributed by atoms with Gasteiger partial charge in [0.2, 0.25) is 0 Å². The highest BCUT2D eigenvalue weighted by molar-refractivity contribution is 5.11. The normalized spacial score (nSPS) is 10.7. The summed E-state index contributed by atoms with van der Waals surface area (Å²) in [5.41, 5.74) is 0.654. The highest BCUT2D eigenvalue weighted by Crippen LogP contribution is 2.06. The minimum atomic E-state index is -0.176. The van der Waals surface area contributed by atoms with Crippen molar-refractivity contribution in [1.82, 2.24) is 9.88 Å². The molecule has 0 atom stereocenters. The van der Waals surface area contributed by atoms with Crippen LogP contribution in [0.25, 0.3) is 0 Å². The van der Waals surface area contributed by atoms with Crippen molar-refractivity contribution in [2.45, 2.75) is 13.5 Å². The largest absolute Gasteiger partial charge is 0.302 e. The second-order valence-electron chi connectivity index (χ2n) is 2.80. The van der Waals surface area contributed by atoms with E-state index in [2.05, 4.69) is 4.98 Å². The molecule has 0 N–H and O–H groups in total. The monoisotopic (exact) mass is 168 g/mol. The minimum Gasteiger partial charge on any atom is -0.302 e. The van der Waals surface area contributed by atoms with E-state index in [4.69, 9.17) is 0 Å². The first-order valence-corrected chi connectivity index (χ1v) is 4.01. The molecule has 12 heavy (non-hydrogen) atoms. The summed E-state index contributed by atoms with van der Waals surface area (Å²) in [6.07, 6.45) is 3.03. The van der Waals surface area contributed by atoms with E-state index >= 15 is 0 Å². The Labute approximate surface area is 72.0 Å². The highest BCUT2D eigenvalue weighted by atomic mass is 19.1. The summed E-state index contributed by atoms with van der Waals surface area (Å²) in [6.45, 7) is 3.57. The lowest BCUT2D eigenvalue weighted by Gasteiger charge is -2.13. The Kier molecular flexibility index (Phi) is 3.17. The lowest BCUT2D eigenvalue weighted by Crippen LogP contribution is -2.17. The van der Waals surface area contributed by atoms with Crippen molar-refractivity contribution in [3.8, 4) is 0 Å². The van der Waals surface area contributed by atoms with Crippen LogP contribution in [-0.2, 0) is 6.54 Å². The molecule has 0 saturated carbocycles. The maximum absolute atomic E-state index is 13.0. The number of hydrogen-bond donors (Lipinski definition) is 0. The molecule has 0 fully saturated rings. The molecule has 0 aliphatic heterocycles. The van der Waals surface area contributed by atoms with Crippen LogP contribution < -0.4 is 0 Å². The van der Waals surface area contributed by atoms with Crippen LogP contribution in [0.4, 0.5) is 4.39 Å². The molecule has 0 spiro atoms. The molecule has 0 aliphatic rings. The number of pyridine rings is 1. The van der Waals surface area contributed by atoms with Crippen LogP contribution in [0.15, 0.2) is 18.5 Å². The van der Waals surface area contributed by atoms with Gasteiger partial charge in [0.25, 0.3) is 0 Å². The summed E-state index contributed by atoms with van der Waals surface area (Å²) in [5, 5.41) is 0. The van der Waals surface area contributed by atoms with Gasteiger partial charge in [-0.3, -0.25) is 4.98 Å². The molecule has 0 unspecified atom stereocenters. The van der Waals surface area contributed by atoms with Crippen molar-refractivity contribution >= 4 is 0 Å². The first kappa shape index (κ1) is 9.13. The maximum atomic E-state index is 13.0. The molecule has 0 aromatic carbocycles. The number of nitrogens with zero attached hydrogens (tertiary/aromatic N) is 2. The van der Waals surface area contributed by atoms with Crippen molar-refractivity contribution < 1.29 is 4.39 Å². The Balaban J connectivity index is 2.69. The van der Waals surface area contributed by atoms with Crippen LogP contribution in [0.1, 0.15) is 12.5 Å². The van der Waals surface area contributed by atoms with Gasteiger partial charge in [0.05, 0.1) is 0 Å². The van der Waals surface area contributed by atoms with E-state index in [-0.39, 0.29) is 5.82 Å². The van der Waals surface area contributed by atoms with E-state index in [9.17, 15) is 4.39 Å². The summed E-state index contributed by atoms with van der Waals surface area (Å²) in [4.78, 5) is 5.89. The van der Waals surface area contributed by atoms with Crippen LogP contribution in [0, 0.1) is 5.82 Å². The zero-order valence-electron chi connectivity index (χ0n) is 7.42. The predicted octanol–water partition coefficient (Wildman–Crippen LogP) is 1.67. The van der Waals surface area contributed by atoms with Gasteiger partial charge >= 0.3 is 0 Å². The average Bonchev–Trinajstić information content (AvgIpc) is 2.09. The summed E-state index contributed by atoms with van der Waals surface area (Å²) < 4.78 is 13.0. The van der Waals surface area contributed by atoms with Gasteiger partial charge in [-0.1, -0.05) is 6.92 Å². The molecule has 1 aromatic heterocycles. The van der Waals surface area contributed by atoms with Gasteiger partial charge in [-0.25, -0.2) is 4.39 Å². The Morgan fingerprint density at radius 3 is 2.92 bits per heavy atom. The zero-order valence-corrected chi connectivity index (χ0v) is 7.42. The van der Waals surface area contributed by atoms with E-state index < -0.39 is 0 Å². The first-order chi connectivity index (χ1) is 5.74. The van der Waals surface area contributed by atoms with Gasteiger partial charge in [-0.05, 0) is 19.7 Å². The van der Waals surface area contributed by atoms with E-state index in [1.54, 1.807) is 6.20 Å². The molecule has 0 aliphatic carbocycles. The fourth-order valence-corrected chi connectivity index (χ4v) is 0.929. The minimum absolute atomic E-state index is 0.176. The van der Waals surface area contributed by atoms with Crippen LogP contribution in [-0.4, -0.2) is 23.5 Å². The van der Waals surface area contributed by atoms with Gasteiger partial charge in [0, 0.05) is 24.5 Å². The molecular formula is C9H13FN2. The van der Waals surface area contributed by atoms with Crippen molar-refractivity contribution in [2.24, 2.45) is 0 Å². The first-order valence-electron chi connectivity index (χ1n) is 4.01. The highest BCUT2D eigenvalue weighted by Gasteiger charge is 2.02. The molecule has 66 valence electrons. The van der Waals surface area contributed by atoms with Crippen molar-refractivity contribution in [3.05, 3.63) is 29.8 Å². The average molecular weight is 168 g/mol. The van der Waals surface area contributed by atoms with Crippen LogP contribution in [0.5, 0.6) is 0 Å². The second-order valence-corrected chi connectivity index (χ2v) is 2.80. The third kappa shape index (κ3) is 2.27. The van der Waals surface area contributed by atoms with Gasteiger partial charge in [0.1, 0.15) is 5.82 Å². The van der Waals surface area contributed by atoms with E-state index in [0.29, 0.717) is 12.1 Å². The van der Waals surface area contributed by atoms with Gasteiger partial charge in [-0.15, -0.1) is 0 Å². The molecular weight excluding hydrogens is 155 g/mol. The molecule has 1 heterocycles. The third-order valence-electron chi connectivity index (χ3n) is 1.82. The Hall–Kier alpha value is -0.960. The molecule has 1 aromatic rings. The number of aromatic nitrogens is 1. The summed E-state index contributed by atoms with van der Waals surface area (Å²) in [5.74, 6) is -0.176. The topological polar surface area (TPSA) is 16.1 Å². The van der Waals surface area contributed by atoms with Crippen LogP contribution in [0.2, 0.25) is 0 Å². The standard InChI is InChI=1S/C9H13FN2/c1-3-12(2)7-8-6-11-5-4-9(8)10/h4-6H,3,7H2,1-2H3. The molecule has 2 nitrogen and oxygen atoms in total. The SMILES string of the molecule is CCN(C)Cc1cnccc1F. The molecule has 0 saturated heterocycles. The molecule has 3 heteroatoms. The lowest BCUT2D eigenvalue weighted by molar-refractivity contribution is 0.338. The van der Waals surface area contributed by atoms with Crippen LogP contribution >= 0.6 is 0 Å². The summed E-state index contributed by atoms with van der Waals surface area (Å²) in [7, 11) is 1.95. The molecule has 0 radical (unpaired) electrons. The second kappa shape index (κ2) is 4.16. The van der Waals surface area contributed by atoms with E-state index in [0.717, 1.165) is 6.54 Å². The maximum Gasteiger partial charge on any atom is 0.130 e. The fourth-order valence-electron chi connectivity index (χ4n) is 0.929. The fraction of sp³-hybridized carbons (Fsp3) is 0.444. The quantitative estimate of drug-likeness (QED) is 0.682. The Morgan fingerprint density at radius 1 is 1.58 bits per heavy atom. The lowest BCUT2D eigenvalue weighted by atomic mass is 10.2. The molecule has 0 amide bonds. The molecule has 1 rings (SSSR count). The Bertz CT molecular complexity index is 250. The van der Waals surface area contributed by atoms with Gasteiger partial charge < -0.3 is 4.90 Å². The predicted molar refractivity (Wildman–Crippen MR) is 46.2 cm³/mol. The smallest absolute Gasteiger partial charge is 0.130 e. The number of hydrogen-bond acceptors (Lipinski definition) is 2. The van der Waals surface area contributed by atoms with Crippen molar-refractivity contribution in [1.29, 1.82) is 0 Å². The van der Waals surface area contributed by atoms with Crippen molar-refractivity contribution in [2.75, 3.05) is 13.6 Å². The van der Waals surface area contributed by atoms with E-state index in [1.165, 1.54) is 12.3 Å². The zero-order chi connectivity index (χ0) is 8.97. The number of rotatable bonds is 3. The van der Waals surface area contributed by atoms with E-state index in [1.807, 2.05) is 18.9 Å². The summed E-state index contributed by atoms with van der Waals surface area (Å²) in [6, 6.07) is 1.39. The van der Waals surface area contributed by atoms with Gasteiger partial charge in [0.15, 0.2) is 0 Å². The van der Waals surface area contributed by atoms with Gasteiger partial charge in [-0.2, -0.15) is 0 Å². The summed E-state index contributed by atoms with van der Waals surface area (Å²) >= 11 is 0.